The van der Waals surface area contributed by atoms with E-state index < -0.39 is 11.7 Å². The van der Waals surface area contributed by atoms with Crippen LogP contribution in [0.5, 0.6) is 11.5 Å². The summed E-state index contributed by atoms with van der Waals surface area (Å²) in [5, 5.41) is 2.69. The second-order valence-corrected chi connectivity index (χ2v) is 7.23. The normalized spacial score (nSPS) is 10.8. The molecule has 0 aromatic heterocycles. The average Bonchev–Trinajstić information content (AvgIpc) is 2.66. The van der Waals surface area contributed by atoms with Gasteiger partial charge in [-0.3, -0.25) is 4.79 Å². The summed E-state index contributed by atoms with van der Waals surface area (Å²) in [6, 6.07) is 14.8. The lowest BCUT2D eigenvalue weighted by molar-refractivity contribution is 0.0525. The van der Waals surface area contributed by atoms with Crippen LogP contribution in [0.1, 0.15) is 43.1 Å². The molecule has 0 saturated carbocycles. The van der Waals surface area contributed by atoms with Crippen LogP contribution >= 0.6 is 0 Å². The number of hydrogen-bond donors (Lipinski definition) is 1. The fraction of sp³-hybridized carbons (Fsp3) is 0.364. The number of hydrogen-bond acceptors (Lipinski definition) is 5. The predicted molar refractivity (Wildman–Crippen MR) is 107 cm³/mol. The zero-order chi connectivity index (χ0) is 20.4. The summed E-state index contributed by atoms with van der Waals surface area (Å²) in [6.45, 7) is 6.64. The number of amides is 1. The van der Waals surface area contributed by atoms with Gasteiger partial charge in [0.25, 0.3) is 0 Å². The Bertz CT molecular complexity index is 768. The van der Waals surface area contributed by atoms with E-state index in [-0.39, 0.29) is 0 Å². The van der Waals surface area contributed by atoms with Crippen LogP contribution in [-0.4, -0.2) is 31.1 Å². The van der Waals surface area contributed by atoms with Gasteiger partial charge >= 0.3 is 6.09 Å². The van der Waals surface area contributed by atoms with Crippen LogP contribution in [0.3, 0.4) is 0 Å². The molecular formula is C22H27NO5. The van der Waals surface area contributed by atoms with Crippen molar-refractivity contribution >= 4 is 12.4 Å². The van der Waals surface area contributed by atoms with E-state index in [1.54, 1.807) is 18.2 Å². The molecule has 2 aromatic rings. The number of carbonyl (C=O) groups is 2. The van der Waals surface area contributed by atoms with E-state index in [9.17, 15) is 9.59 Å². The third-order valence-electron chi connectivity index (χ3n) is 3.59. The molecule has 150 valence electrons. The predicted octanol–water partition coefficient (Wildman–Crippen LogP) is 4.37. The highest BCUT2D eigenvalue weighted by Crippen LogP contribution is 2.29. The number of carbonyl (C=O) groups excluding carboxylic acids is 2. The standard InChI is InChI=1S/C22H27NO5/c1-22(2,3)28-21(25)23-12-7-13-26-19-11-10-18(15-24)14-20(19)27-16-17-8-5-4-6-9-17/h4-6,8-11,14-15H,7,12-13,16H2,1-3H3,(H,23,25). The number of ether oxygens (including phenoxy) is 3. The van der Waals surface area contributed by atoms with Crippen LogP contribution < -0.4 is 14.8 Å². The molecule has 1 N–H and O–H groups in total. The summed E-state index contributed by atoms with van der Waals surface area (Å²) in [5.74, 6) is 1.06. The molecule has 0 fully saturated rings. The first-order valence-corrected chi connectivity index (χ1v) is 9.23. The van der Waals surface area contributed by atoms with E-state index in [0.717, 1.165) is 11.8 Å². The van der Waals surface area contributed by atoms with Crippen LogP contribution in [0.25, 0.3) is 0 Å². The molecule has 0 spiro atoms. The molecule has 0 aliphatic heterocycles. The molecule has 0 radical (unpaired) electrons. The molecular weight excluding hydrogens is 358 g/mol. The Balaban J connectivity index is 1.85. The van der Waals surface area contributed by atoms with E-state index in [1.807, 2.05) is 51.1 Å². The molecule has 0 saturated heterocycles. The molecule has 0 atom stereocenters. The third-order valence-corrected chi connectivity index (χ3v) is 3.59. The van der Waals surface area contributed by atoms with Crippen LogP contribution in [0.15, 0.2) is 48.5 Å². The minimum Gasteiger partial charge on any atom is -0.490 e. The molecule has 0 unspecified atom stereocenters. The first-order chi connectivity index (χ1) is 13.4. The first-order valence-electron chi connectivity index (χ1n) is 9.23. The maximum atomic E-state index is 11.6. The van der Waals surface area contributed by atoms with Gasteiger partial charge in [-0.1, -0.05) is 30.3 Å². The lowest BCUT2D eigenvalue weighted by atomic mass is 10.2. The Morgan fingerprint density at radius 3 is 2.46 bits per heavy atom. The second-order valence-electron chi connectivity index (χ2n) is 7.23. The summed E-state index contributed by atoms with van der Waals surface area (Å²) >= 11 is 0. The van der Waals surface area contributed by atoms with Crippen LogP contribution in [0, 0.1) is 0 Å². The lowest BCUT2D eigenvalue weighted by Crippen LogP contribution is -2.33. The van der Waals surface area contributed by atoms with Crippen molar-refractivity contribution in [2.45, 2.75) is 39.4 Å². The van der Waals surface area contributed by atoms with E-state index in [2.05, 4.69) is 5.32 Å². The highest BCUT2D eigenvalue weighted by molar-refractivity contribution is 5.76. The number of benzene rings is 2. The fourth-order valence-corrected chi connectivity index (χ4v) is 2.32. The minimum atomic E-state index is -0.522. The van der Waals surface area contributed by atoms with Crippen molar-refractivity contribution in [3.8, 4) is 11.5 Å². The highest BCUT2D eigenvalue weighted by Gasteiger charge is 2.15. The molecule has 6 nitrogen and oxygen atoms in total. The summed E-state index contributed by atoms with van der Waals surface area (Å²) < 4.78 is 16.8. The number of rotatable bonds is 9. The van der Waals surface area contributed by atoms with Crippen molar-refractivity contribution in [1.29, 1.82) is 0 Å². The van der Waals surface area contributed by atoms with E-state index >= 15 is 0 Å². The van der Waals surface area contributed by atoms with Gasteiger partial charge in [0.15, 0.2) is 11.5 Å². The van der Waals surface area contributed by atoms with Crippen LogP contribution in [0.2, 0.25) is 0 Å². The molecule has 0 aliphatic rings. The van der Waals surface area contributed by atoms with Crippen molar-refractivity contribution < 1.29 is 23.8 Å². The monoisotopic (exact) mass is 385 g/mol. The van der Waals surface area contributed by atoms with Crippen molar-refractivity contribution in [2.24, 2.45) is 0 Å². The topological polar surface area (TPSA) is 73.9 Å². The largest absolute Gasteiger partial charge is 0.490 e. The first kappa shape index (κ1) is 21.3. The summed E-state index contributed by atoms with van der Waals surface area (Å²) in [4.78, 5) is 22.7. The van der Waals surface area contributed by atoms with Crippen molar-refractivity contribution in [1.82, 2.24) is 5.32 Å². The van der Waals surface area contributed by atoms with Crippen LogP contribution in [-0.2, 0) is 11.3 Å². The molecule has 1 amide bonds. The molecule has 0 aliphatic carbocycles. The van der Waals surface area contributed by atoms with Gasteiger partial charge in [-0.15, -0.1) is 0 Å². The van der Waals surface area contributed by atoms with Crippen LogP contribution in [0.4, 0.5) is 4.79 Å². The molecule has 6 heteroatoms. The van der Waals surface area contributed by atoms with Gasteiger partial charge in [-0.25, -0.2) is 4.79 Å². The smallest absolute Gasteiger partial charge is 0.407 e. The van der Waals surface area contributed by atoms with Gasteiger partial charge in [0.05, 0.1) is 6.61 Å². The number of aldehydes is 1. The average molecular weight is 385 g/mol. The Kier molecular flexibility index (Phi) is 7.87. The van der Waals surface area contributed by atoms with E-state index in [4.69, 9.17) is 14.2 Å². The highest BCUT2D eigenvalue weighted by atomic mass is 16.6. The third kappa shape index (κ3) is 7.70. The zero-order valence-electron chi connectivity index (χ0n) is 16.6. The summed E-state index contributed by atoms with van der Waals surface area (Å²) in [6.07, 6.45) is 0.922. The van der Waals surface area contributed by atoms with Crippen molar-refractivity contribution in [2.75, 3.05) is 13.2 Å². The Hall–Kier alpha value is -3.02. The summed E-state index contributed by atoms with van der Waals surface area (Å²) in [5.41, 5.74) is 1.01. The van der Waals surface area contributed by atoms with Gasteiger partial charge in [0, 0.05) is 12.1 Å². The van der Waals surface area contributed by atoms with Gasteiger partial charge in [0.1, 0.15) is 18.5 Å². The SMILES string of the molecule is CC(C)(C)OC(=O)NCCCOc1ccc(C=O)cc1OCc1ccccc1. The Morgan fingerprint density at radius 2 is 1.79 bits per heavy atom. The Morgan fingerprint density at radius 1 is 1.04 bits per heavy atom. The second kappa shape index (κ2) is 10.3. The maximum Gasteiger partial charge on any atom is 0.407 e. The van der Waals surface area contributed by atoms with E-state index in [0.29, 0.717) is 43.2 Å². The molecule has 2 rings (SSSR count). The molecule has 2 aromatic carbocycles. The Labute approximate surface area is 165 Å². The van der Waals surface area contributed by atoms with Crippen molar-refractivity contribution in [3.63, 3.8) is 0 Å². The zero-order valence-corrected chi connectivity index (χ0v) is 16.6. The maximum absolute atomic E-state index is 11.6. The minimum absolute atomic E-state index is 0.375. The van der Waals surface area contributed by atoms with Gasteiger partial charge in [-0.2, -0.15) is 0 Å². The number of nitrogens with one attached hydrogen (secondary N) is 1. The van der Waals surface area contributed by atoms with Gasteiger partial charge in [-0.05, 0) is 51.0 Å². The van der Waals surface area contributed by atoms with Crippen molar-refractivity contribution in [3.05, 3.63) is 59.7 Å². The van der Waals surface area contributed by atoms with Gasteiger partial charge in [0.2, 0.25) is 0 Å². The molecule has 0 heterocycles. The lowest BCUT2D eigenvalue weighted by Gasteiger charge is -2.19. The number of alkyl carbamates (subject to hydrolysis) is 1. The molecule has 0 bridgehead atoms. The fourth-order valence-electron chi connectivity index (χ4n) is 2.32. The van der Waals surface area contributed by atoms with E-state index in [1.165, 1.54) is 0 Å². The van der Waals surface area contributed by atoms with Gasteiger partial charge < -0.3 is 19.5 Å². The molecule has 28 heavy (non-hydrogen) atoms. The summed E-state index contributed by atoms with van der Waals surface area (Å²) in [7, 11) is 0. The quantitative estimate of drug-likeness (QED) is 0.512.